The molecule has 1 aromatic carbocycles. The molecule has 0 aliphatic heterocycles. The molecule has 3 nitrogen and oxygen atoms in total. The lowest BCUT2D eigenvalue weighted by Crippen LogP contribution is -1.96. The van der Waals surface area contributed by atoms with Gasteiger partial charge in [0, 0.05) is 23.0 Å². The summed E-state index contributed by atoms with van der Waals surface area (Å²) < 4.78 is 7.63. The maximum Gasteiger partial charge on any atom is 0.145 e. The molecule has 20 heavy (non-hydrogen) atoms. The molecular formula is C14H14Cl2N2OS. The van der Waals surface area contributed by atoms with E-state index in [1.54, 1.807) is 36.4 Å². The third-order valence-electron chi connectivity index (χ3n) is 2.49. The zero-order chi connectivity index (χ0) is 14.4. The summed E-state index contributed by atoms with van der Waals surface area (Å²) in [6, 6.07) is 5.35. The third-order valence-corrected chi connectivity index (χ3v) is 3.73. The van der Waals surface area contributed by atoms with Crippen LogP contribution in [0, 0.1) is 0 Å². The van der Waals surface area contributed by atoms with Crippen molar-refractivity contribution in [3.63, 3.8) is 0 Å². The second kappa shape index (κ2) is 7.62. The normalized spacial score (nSPS) is 11.7. The van der Waals surface area contributed by atoms with Gasteiger partial charge in [-0.25, -0.2) is 4.98 Å². The summed E-state index contributed by atoms with van der Waals surface area (Å²) in [7, 11) is 0. The zero-order valence-electron chi connectivity index (χ0n) is 10.9. The lowest BCUT2D eigenvalue weighted by Gasteiger charge is -2.12. The topological polar surface area (TPSA) is 27.1 Å². The van der Waals surface area contributed by atoms with Crippen molar-refractivity contribution in [3.8, 4) is 0 Å². The van der Waals surface area contributed by atoms with Crippen LogP contribution >= 0.6 is 35.0 Å². The molecule has 0 aliphatic carbocycles. The number of ether oxygens (including phenoxy) is 1. The minimum atomic E-state index is 0.561. The average Bonchev–Trinajstić information content (AvgIpc) is 2.91. The molecule has 0 saturated heterocycles. The number of benzene rings is 1. The smallest absolute Gasteiger partial charge is 0.145 e. The van der Waals surface area contributed by atoms with Crippen molar-refractivity contribution in [3.05, 3.63) is 52.5 Å². The van der Waals surface area contributed by atoms with Crippen LogP contribution in [-0.4, -0.2) is 21.2 Å². The predicted octanol–water partition coefficient (Wildman–Crippen LogP) is 4.87. The molecule has 0 saturated carbocycles. The summed E-state index contributed by atoms with van der Waals surface area (Å²) in [5.74, 6) is 2.24. The summed E-state index contributed by atoms with van der Waals surface area (Å²) in [4.78, 5) is 4.01. The van der Waals surface area contributed by atoms with Crippen LogP contribution in [0.2, 0.25) is 10.0 Å². The molecule has 0 spiro atoms. The Bertz CT molecular complexity index is 585. The van der Waals surface area contributed by atoms with Gasteiger partial charge in [0.1, 0.15) is 11.7 Å². The molecule has 0 amide bonds. The Morgan fingerprint density at radius 2 is 2.30 bits per heavy atom. The Morgan fingerprint density at radius 1 is 1.45 bits per heavy atom. The number of thioether (sulfide) groups is 1. The summed E-state index contributed by atoms with van der Waals surface area (Å²) in [6.07, 6.45) is 7.08. The van der Waals surface area contributed by atoms with E-state index in [0.717, 1.165) is 11.3 Å². The minimum Gasteiger partial charge on any atom is -0.481 e. The number of halogens is 2. The quantitative estimate of drug-likeness (QED) is 0.430. The van der Waals surface area contributed by atoms with E-state index < -0.39 is 0 Å². The van der Waals surface area contributed by atoms with Crippen LogP contribution < -0.4 is 0 Å². The molecule has 0 bridgehead atoms. The second-order valence-corrected chi connectivity index (χ2v) is 5.95. The van der Waals surface area contributed by atoms with E-state index in [0.29, 0.717) is 21.7 Å². The van der Waals surface area contributed by atoms with Crippen molar-refractivity contribution in [2.45, 2.75) is 6.92 Å². The van der Waals surface area contributed by atoms with Crippen molar-refractivity contribution in [2.75, 3.05) is 11.7 Å². The molecule has 1 heterocycles. The number of rotatable bonds is 6. The van der Waals surface area contributed by atoms with Gasteiger partial charge in [0.25, 0.3) is 0 Å². The predicted molar refractivity (Wildman–Crippen MR) is 86.9 cm³/mol. The molecule has 0 N–H and O–H groups in total. The Kier molecular flexibility index (Phi) is 5.83. The Balaban J connectivity index is 2.30. The van der Waals surface area contributed by atoms with Gasteiger partial charge in [-0.3, -0.25) is 0 Å². The Labute approximate surface area is 132 Å². The van der Waals surface area contributed by atoms with E-state index in [4.69, 9.17) is 27.9 Å². The first-order valence-electron chi connectivity index (χ1n) is 6.06. The van der Waals surface area contributed by atoms with E-state index >= 15 is 0 Å². The number of hydrogen-bond acceptors (Lipinski definition) is 3. The lowest BCUT2D eigenvalue weighted by molar-refractivity contribution is 0.350. The van der Waals surface area contributed by atoms with Gasteiger partial charge in [0.2, 0.25) is 0 Å². The molecule has 0 fully saturated rings. The van der Waals surface area contributed by atoms with Crippen LogP contribution in [0.25, 0.3) is 12.0 Å². The van der Waals surface area contributed by atoms with Gasteiger partial charge >= 0.3 is 0 Å². The summed E-state index contributed by atoms with van der Waals surface area (Å²) in [5, 5.41) is 1.16. The van der Waals surface area contributed by atoms with Crippen molar-refractivity contribution in [1.29, 1.82) is 0 Å². The van der Waals surface area contributed by atoms with Gasteiger partial charge in [0.05, 0.1) is 17.5 Å². The highest BCUT2D eigenvalue weighted by Crippen LogP contribution is 2.29. The second-order valence-electron chi connectivity index (χ2n) is 3.88. The van der Waals surface area contributed by atoms with Gasteiger partial charge in [-0.1, -0.05) is 30.1 Å². The minimum absolute atomic E-state index is 0.561. The molecule has 1 aromatic heterocycles. The fourth-order valence-electron chi connectivity index (χ4n) is 1.54. The highest BCUT2D eigenvalue weighted by Gasteiger charge is 2.09. The zero-order valence-corrected chi connectivity index (χ0v) is 13.3. The van der Waals surface area contributed by atoms with E-state index in [-0.39, 0.29) is 0 Å². The molecule has 0 radical (unpaired) electrons. The van der Waals surface area contributed by atoms with E-state index in [1.165, 1.54) is 0 Å². The van der Waals surface area contributed by atoms with Gasteiger partial charge in [0.15, 0.2) is 0 Å². The van der Waals surface area contributed by atoms with Gasteiger partial charge in [-0.15, -0.1) is 11.8 Å². The van der Waals surface area contributed by atoms with Crippen LogP contribution in [0.1, 0.15) is 12.5 Å². The standard InChI is InChI=1S/C14H14Cl2N2OS/c1-2-20-10-19-14(8-18-6-5-17-9-18)12-4-3-11(15)7-13(12)16/h3-9H,2,10H2,1H3. The Hall–Kier alpha value is -1.10. The van der Waals surface area contributed by atoms with Crippen LogP contribution in [0.3, 0.4) is 0 Å². The fraction of sp³-hybridized carbons (Fsp3) is 0.214. The maximum atomic E-state index is 6.24. The molecule has 0 atom stereocenters. The molecule has 6 heteroatoms. The number of nitrogens with zero attached hydrogens (tertiary/aromatic N) is 2. The molecule has 106 valence electrons. The van der Waals surface area contributed by atoms with E-state index in [2.05, 4.69) is 11.9 Å². The molecular weight excluding hydrogens is 315 g/mol. The van der Waals surface area contributed by atoms with Crippen LogP contribution in [0.4, 0.5) is 0 Å². The van der Waals surface area contributed by atoms with Gasteiger partial charge in [-0.2, -0.15) is 0 Å². The summed E-state index contributed by atoms with van der Waals surface area (Å²) in [6.45, 7) is 2.09. The molecule has 2 rings (SSSR count). The van der Waals surface area contributed by atoms with Crippen LogP contribution in [0.5, 0.6) is 0 Å². The van der Waals surface area contributed by atoms with E-state index in [9.17, 15) is 0 Å². The highest BCUT2D eigenvalue weighted by atomic mass is 35.5. The van der Waals surface area contributed by atoms with Crippen molar-refractivity contribution in [2.24, 2.45) is 0 Å². The first kappa shape index (κ1) is 15.3. The average molecular weight is 329 g/mol. The summed E-state index contributed by atoms with van der Waals surface area (Å²) >= 11 is 13.9. The Morgan fingerprint density at radius 3 is 2.95 bits per heavy atom. The van der Waals surface area contributed by atoms with Crippen molar-refractivity contribution < 1.29 is 4.74 Å². The van der Waals surface area contributed by atoms with Crippen molar-refractivity contribution in [1.82, 2.24) is 9.55 Å². The number of hydrogen-bond donors (Lipinski definition) is 0. The van der Waals surface area contributed by atoms with Gasteiger partial charge in [-0.05, 0) is 24.0 Å². The largest absolute Gasteiger partial charge is 0.481 e. The van der Waals surface area contributed by atoms with Gasteiger partial charge < -0.3 is 9.30 Å². The SMILES string of the molecule is CCSCOC(=Cn1ccnc1)c1ccc(Cl)cc1Cl. The van der Waals surface area contributed by atoms with Crippen molar-refractivity contribution >= 4 is 46.9 Å². The molecule has 2 aromatic rings. The fourth-order valence-corrected chi connectivity index (χ4v) is 2.42. The monoisotopic (exact) mass is 328 g/mol. The number of aromatic nitrogens is 2. The number of imidazole rings is 1. The third kappa shape index (κ3) is 4.20. The molecule has 0 aliphatic rings. The molecule has 0 unspecified atom stereocenters. The first-order chi connectivity index (χ1) is 9.70. The van der Waals surface area contributed by atoms with Crippen LogP contribution in [-0.2, 0) is 4.74 Å². The first-order valence-corrected chi connectivity index (χ1v) is 7.97. The summed E-state index contributed by atoms with van der Waals surface area (Å²) in [5.41, 5.74) is 0.807. The lowest BCUT2D eigenvalue weighted by atomic mass is 10.2. The highest BCUT2D eigenvalue weighted by molar-refractivity contribution is 7.99. The maximum absolute atomic E-state index is 6.24. The van der Waals surface area contributed by atoms with Crippen LogP contribution in [0.15, 0.2) is 36.9 Å². The van der Waals surface area contributed by atoms with E-state index in [1.807, 2.05) is 23.0 Å².